The Morgan fingerprint density at radius 2 is 2.14 bits per heavy atom. The summed E-state index contributed by atoms with van der Waals surface area (Å²) in [4.78, 5) is 33.6. The number of hydrogen-bond acceptors (Lipinski definition) is 6. The van der Waals surface area contributed by atoms with Gasteiger partial charge in [0.15, 0.2) is 6.61 Å². The number of hydrogen-bond donors (Lipinski definition) is 1. The van der Waals surface area contributed by atoms with E-state index >= 15 is 0 Å². The number of carbonyl (C=O) groups excluding carboxylic acids is 2. The van der Waals surface area contributed by atoms with E-state index in [2.05, 4.69) is 5.32 Å². The predicted octanol–water partition coefficient (Wildman–Crippen LogP) is 1.74. The minimum absolute atomic E-state index is 0.0200. The van der Waals surface area contributed by atoms with Crippen LogP contribution in [0.15, 0.2) is 18.2 Å². The van der Waals surface area contributed by atoms with Crippen LogP contribution in [0.2, 0.25) is 0 Å². The first kappa shape index (κ1) is 15.7. The lowest BCUT2D eigenvalue weighted by atomic mass is 10.2. The highest BCUT2D eigenvalue weighted by molar-refractivity contribution is 5.95. The minimum atomic E-state index is -0.630. The smallest absolute Gasteiger partial charge is 0.309 e. The van der Waals surface area contributed by atoms with Gasteiger partial charge in [0.25, 0.3) is 11.6 Å². The molecule has 0 unspecified atom stereocenters. The van der Waals surface area contributed by atoms with Crippen LogP contribution in [0, 0.1) is 22.0 Å². The Balaban J connectivity index is 1.96. The normalized spacial score (nSPS) is 19.2. The lowest BCUT2D eigenvalue weighted by Gasteiger charge is -2.08. The molecule has 0 radical (unpaired) electrons. The fourth-order valence-electron chi connectivity index (χ4n) is 1.98. The summed E-state index contributed by atoms with van der Waals surface area (Å²) in [6, 6.07) is 4.05. The van der Waals surface area contributed by atoms with Gasteiger partial charge >= 0.3 is 5.97 Å². The molecule has 0 spiro atoms. The van der Waals surface area contributed by atoms with Gasteiger partial charge in [-0.05, 0) is 24.5 Å². The van der Waals surface area contributed by atoms with Crippen molar-refractivity contribution in [3.05, 3.63) is 28.3 Å². The van der Waals surface area contributed by atoms with Gasteiger partial charge in [0.2, 0.25) is 0 Å². The molecule has 1 N–H and O–H groups in total. The number of carbonyl (C=O) groups is 2. The van der Waals surface area contributed by atoms with E-state index < -0.39 is 23.4 Å². The summed E-state index contributed by atoms with van der Waals surface area (Å²) in [5, 5.41) is 13.3. The molecule has 1 fully saturated rings. The molecule has 2 atom stereocenters. The second-order valence-corrected chi connectivity index (χ2v) is 5.12. The molecule has 0 aromatic heterocycles. The SMILES string of the molecule is COc1ccc(NC(=O)COC(=O)[C@H]2C[C@@H]2C)c([N+](=O)[O-])c1. The standard InChI is InChI=1S/C14H16N2O6/c1-8-5-10(8)14(18)22-7-13(17)15-11-4-3-9(21-2)6-12(11)16(19)20/h3-4,6,8,10H,5,7H2,1-2H3,(H,15,17)/t8-,10-/m0/s1. The molecule has 2 rings (SSSR count). The first-order valence-corrected chi connectivity index (χ1v) is 6.71. The number of methoxy groups -OCH3 is 1. The topological polar surface area (TPSA) is 108 Å². The lowest BCUT2D eigenvalue weighted by Crippen LogP contribution is -2.22. The van der Waals surface area contributed by atoms with Gasteiger partial charge in [-0.2, -0.15) is 0 Å². The molecule has 0 aliphatic heterocycles. The van der Waals surface area contributed by atoms with E-state index in [-0.39, 0.29) is 17.3 Å². The van der Waals surface area contributed by atoms with Crippen LogP contribution in [0.25, 0.3) is 0 Å². The first-order valence-electron chi connectivity index (χ1n) is 6.71. The monoisotopic (exact) mass is 308 g/mol. The van der Waals surface area contributed by atoms with Crippen molar-refractivity contribution in [2.45, 2.75) is 13.3 Å². The number of amides is 1. The van der Waals surface area contributed by atoms with E-state index in [0.717, 1.165) is 6.42 Å². The van der Waals surface area contributed by atoms with E-state index in [9.17, 15) is 19.7 Å². The Morgan fingerprint density at radius 3 is 2.68 bits per heavy atom. The predicted molar refractivity (Wildman–Crippen MR) is 76.5 cm³/mol. The fourth-order valence-corrected chi connectivity index (χ4v) is 1.98. The van der Waals surface area contributed by atoms with Crippen molar-refractivity contribution >= 4 is 23.3 Å². The maximum Gasteiger partial charge on any atom is 0.309 e. The summed E-state index contributed by atoms with van der Waals surface area (Å²) in [7, 11) is 1.38. The van der Waals surface area contributed by atoms with E-state index in [1.54, 1.807) is 0 Å². The fraction of sp³-hybridized carbons (Fsp3) is 0.429. The van der Waals surface area contributed by atoms with E-state index in [1.165, 1.54) is 25.3 Å². The maximum atomic E-state index is 11.7. The zero-order valence-corrected chi connectivity index (χ0v) is 12.2. The van der Waals surface area contributed by atoms with E-state index in [0.29, 0.717) is 11.7 Å². The molecule has 22 heavy (non-hydrogen) atoms. The summed E-state index contributed by atoms with van der Waals surface area (Å²) in [6.45, 7) is 1.46. The van der Waals surface area contributed by atoms with Crippen LogP contribution in [-0.2, 0) is 14.3 Å². The Bertz CT molecular complexity index is 615. The molecule has 1 aliphatic carbocycles. The third-order valence-corrected chi connectivity index (χ3v) is 3.43. The summed E-state index contributed by atoms with van der Waals surface area (Å²) < 4.78 is 9.77. The average Bonchev–Trinajstić information content (AvgIpc) is 3.22. The Labute approximate surface area is 126 Å². The molecule has 1 aromatic carbocycles. The summed E-state index contributed by atoms with van der Waals surface area (Å²) >= 11 is 0. The number of benzene rings is 1. The van der Waals surface area contributed by atoms with Crippen molar-refractivity contribution in [3.8, 4) is 5.75 Å². The van der Waals surface area contributed by atoms with Gasteiger partial charge in [-0.3, -0.25) is 19.7 Å². The second kappa shape index (κ2) is 6.42. The van der Waals surface area contributed by atoms with Crippen LogP contribution >= 0.6 is 0 Å². The number of nitro groups is 1. The van der Waals surface area contributed by atoms with Crippen molar-refractivity contribution < 1.29 is 24.0 Å². The van der Waals surface area contributed by atoms with Crippen LogP contribution in [0.5, 0.6) is 5.75 Å². The van der Waals surface area contributed by atoms with Crippen molar-refractivity contribution in [1.82, 2.24) is 0 Å². The largest absolute Gasteiger partial charge is 0.496 e. The van der Waals surface area contributed by atoms with Crippen LogP contribution in [-0.4, -0.2) is 30.5 Å². The molecule has 8 heteroatoms. The Morgan fingerprint density at radius 1 is 1.45 bits per heavy atom. The van der Waals surface area contributed by atoms with Gasteiger partial charge < -0.3 is 14.8 Å². The summed E-state index contributed by atoms with van der Waals surface area (Å²) in [5.74, 6) is -0.581. The number of anilines is 1. The number of esters is 1. The molecule has 0 saturated heterocycles. The van der Waals surface area contributed by atoms with Gasteiger partial charge in [0.05, 0.1) is 24.0 Å². The molecule has 1 saturated carbocycles. The molecule has 0 bridgehead atoms. The van der Waals surface area contributed by atoms with Crippen LogP contribution in [0.3, 0.4) is 0 Å². The van der Waals surface area contributed by atoms with Crippen molar-refractivity contribution in [2.24, 2.45) is 11.8 Å². The number of rotatable bonds is 6. The van der Waals surface area contributed by atoms with Crippen LogP contribution < -0.4 is 10.1 Å². The van der Waals surface area contributed by atoms with E-state index in [1.807, 2.05) is 6.92 Å². The lowest BCUT2D eigenvalue weighted by molar-refractivity contribution is -0.384. The highest BCUT2D eigenvalue weighted by atomic mass is 16.6. The number of nitrogens with one attached hydrogen (secondary N) is 1. The molecule has 8 nitrogen and oxygen atoms in total. The third kappa shape index (κ3) is 3.72. The number of ether oxygens (including phenoxy) is 2. The molecule has 1 aliphatic rings. The molecule has 1 aromatic rings. The van der Waals surface area contributed by atoms with Gasteiger partial charge in [0, 0.05) is 0 Å². The van der Waals surface area contributed by atoms with Gasteiger partial charge in [0.1, 0.15) is 11.4 Å². The molecule has 1 amide bonds. The third-order valence-electron chi connectivity index (χ3n) is 3.43. The Hall–Kier alpha value is -2.64. The van der Waals surface area contributed by atoms with Crippen molar-refractivity contribution in [2.75, 3.05) is 19.0 Å². The summed E-state index contributed by atoms with van der Waals surface area (Å²) in [6.07, 6.45) is 0.768. The Kier molecular flexibility index (Phi) is 4.59. The van der Waals surface area contributed by atoms with Gasteiger partial charge in [-0.1, -0.05) is 6.92 Å². The molecule has 0 heterocycles. The highest BCUT2D eigenvalue weighted by Gasteiger charge is 2.40. The van der Waals surface area contributed by atoms with Gasteiger partial charge in [-0.15, -0.1) is 0 Å². The van der Waals surface area contributed by atoms with Crippen LogP contribution in [0.1, 0.15) is 13.3 Å². The van der Waals surface area contributed by atoms with Crippen LogP contribution in [0.4, 0.5) is 11.4 Å². The molecular formula is C14H16N2O6. The number of nitro benzene ring substituents is 1. The zero-order chi connectivity index (χ0) is 16.3. The minimum Gasteiger partial charge on any atom is -0.496 e. The van der Waals surface area contributed by atoms with Crippen molar-refractivity contribution in [3.63, 3.8) is 0 Å². The van der Waals surface area contributed by atoms with Crippen molar-refractivity contribution in [1.29, 1.82) is 0 Å². The maximum absolute atomic E-state index is 11.7. The zero-order valence-electron chi connectivity index (χ0n) is 12.2. The number of nitrogens with zero attached hydrogens (tertiary/aromatic N) is 1. The van der Waals surface area contributed by atoms with E-state index in [4.69, 9.17) is 9.47 Å². The molecular weight excluding hydrogens is 292 g/mol. The molecule has 118 valence electrons. The van der Waals surface area contributed by atoms with Gasteiger partial charge in [-0.25, -0.2) is 0 Å². The summed E-state index contributed by atoms with van der Waals surface area (Å²) in [5.41, 5.74) is -0.276. The average molecular weight is 308 g/mol. The first-order chi connectivity index (χ1) is 10.4. The quantitative estimate of drug-likeness (QED) is 0.487. The second-order valence-electron chi connectivity index (χ2n) is 5.12. The highest BCUT2D eigenvalue weighted by Crippen LogP contribution is 2.38.